The number of esters is 1. The summed E-state index contributed by atoms with van der Waals surface area (Å²) in [5, 5.41) is 9.52. The van der Waals surface area contributed by atoms with Crippen molar-refractivity contribution in [3.8, 4) is 6.07 Å². The molecule has 3 rings (SSSR count). The van der Waals surface area contributed by atoms with E-state index in [0.717, 1.165) is 0 Å². The molecular formula is C25H21F6N3O2. The molecular weight excluding hydrogens is 488 g/mol. The lowest BCUT2D eigenvalue weighted by atomic mass is 9.91. The molecule has 0 atom stereocenters. The Bertz CT molecular complexity index is 1350. The number of hydrogen-bond acceptors (Lipinski definition) is 4. The van der Waals surface area contributed by atoms with Crippen LogP contribution in [0.15, 0.2) is 40.0 Å². The fourth-order valence-corrected chi connectivity index (χ4v) is 4.11. The van der Waals surface area contributed by atoms with Crippen molar-refractivity contribution in [3.63, 3.8) is 0 Å². The lowest BCUT2D eigenvalue weighted by Gasteiger charge is -2.17. The van der Waals surface area contributed by atoms with Gasteiger partial charge in [0.2, 0.25) is 0 Å². The van der Waals surface area contributed by atoms with E-state index in [0.29, 0.717) is 23.4 Å². The number of carbonyl (C=O) groups is 1. The van der Waals surface area contributed by atoms with Crippen LogP contribution in [0, 0.1) is 25.2 Å². The van der Waals surface area contributed by atoms with Crippen LogP contribution < -0.4 is 0 Å². The third kappa shape index (κ3) is 4.80. The Hall–Kier alpha value is -3.81. The molecule has 0 spiro atoms. The van der Waals surface area contributed by atoms with E-state index in [2.05, 4.69) is 9.98 Å². The Balaban J connectivity index is 2.50. The summed E-state index contributed by atoms with van der Waals surface area (Å²) in [6.45, 7) is 7.69. The minimum Gasteiger partial charge on any atom is -0.462 e. The molecule has 190 valence electrons. The van der Waals surface area contributed by atoms with Gasteiger partial charge in [-0.2, -0.15) is 31.6 Å². The van der Waals surface area contributed by atoms with Gasteiger partial charge in [0.25, 0.3) is 0 Å². The normalized spacial score (nSPS) is 15.7. The number of hydrogen-bond donors (Lipinski definition) is 1. The Labute approximate surface area is 202 Å². The first kappa shape index (κ1) is 26.8. The molecule has 0 radical (unpaired) electrons. The lowest BCUT2D eigenvalue weighted by Crippen LogP contribution is -2.13. The van der Waals surface area contributed by atoms with Crippen molar-refractivity contribution in [2.75, 3.05) is 6.61 Å². The highest BCUT2D eigenvalue weighted by Crippen LogP contribution is 2.42. The van der Waals surface area contributed by atoms with E-state index in [-0.39, 0.29) is 52.1 Å². The van der Waals surface area contributed by atoms with Crippen LogP contribution in [0.1, 0.15) is 60.0 Å². The molecule has 0 saturated carbocycles. The lowest BCUT2D eigenvalue weighted by molar-refractivity contribution is -0.143. The molecule has 36 heavy (non-hydrogen) atoms. The van der Waals surface area contributed by atoms with E-state index in [9.17, 15) is 36.4 Å². The van der Waals surface area contributed by atoms with E-state index in [4.69, 9.17) is 4.74 Å². The standard InChI is InChI=1S/C25H21F6N3O2/c1-6-36-23(35)19-12(3)22(34-14(19)5)20(21-11(2)18(10-32)13(4)33-21)15-7-16(24(26,27)28)9-17(8-15)25(29,30)31/h7-9,33H,6H2,1-5H3. The number of benzene rings is 1. The smallest absolute Gasteiger partial charge is 0.416 e. The molecule has 2 heterocycles. The van der Waals surface area contributed by atoms with Crippen molar-refractivity contribution >= 4 is 17.3 Å². The van der Waals surface area contributed by atoms with Crippen molar-refractivity contribution < 1.29 is 35.9 Å². The van der Waals surface area contributed by atoms with Crippen LogP contribution in [0.3, 0.4) is 0 Å². The number of aromatic amines is 1. The van der Waals surface area contributed by atoms with Gasteiger partial charge in [-0.25, -0.2) is 4.79 Å². The number of nitrogens with one attached hydrogen (secondary N) is 1. The van der Waals surface area contributed by atoms with Crippen LogP contribution in [0.5, 0.6) is 0 Å². The van der Waals surface area contributed by atoms with Gasteiger partial charge in [0, 0.05) is 11.3 Å². The van der Waals surface area contributed by atoms with Crippen LogP contribution in [0.2, 0.25) is 0 Å². The van der Waals surface area contributed by atoms with Crippen molar-refractivity contribution in [1.82, 2.24) is 4.98 Å². The third-order valence-electron chi connectivity index (χ3n) is 5.76. The molecule has 5 nitrogen and oxygen atoms in total. The molecule has 0 saturated heterocycles. The number of nitriles is 1. The summed E-state index contributed by atoms with van der Waals surface area (Å²) in [6, 6.07) is 3.21. The molecule has 0 amide bonds. The molecule has 1 aliphatic heterocycles. The van der Waals surface area contributed by atoms with Crippen LogP contribution in [-0.2, 0) is 21.9 Å². The number of allylic oxidation sites excluding steroid dienone is 1. The quantitative estimate of drug-likeness (QED) is 0.370. The zero-order valence-electron chi connectivity index (χ0n) is 19.9. The fraction of sp³-hybridized carbons (Fsp3) is 0.320. The highest BCUT2D eigenvalue weighted by Gasteiger charge is 2.38. The summed E-state index contributed by atoms with van der Waals surface area (Å²) in [6.07, 6.45) is -10.1. The molecule has 0 bridgehead atoms. The number of nitrogens with zero attached hydrogens (tertiary/aromatic N) is 2. The van der Waals surface area contributed by atoms with Crippen LogP contribution in [0.25, 0.3) is 5.57 Å². The molecule has 1 aromatic carbocycles. The van der Waals surface area contributed by atoms with Crippen LogP contribution in [0.4, 0.5) is 26.3 Å². The Morgan fingerprint density at radius 2 is 1.58 bits per heavy atom. The molecule has 0 unspecified atom stereocenters. The minimum absolute atomic E-state index is 0.00292. The SMILES string of the molecule is CCOC(=O)C1=C(C)C(=C(c2cc(C(F)(F)F)cc(C(F)(F)F)c2)c2[nH]c(C)c(C#N)c2C)N=C1C. The fourth-order valence-electron chi connectivity index (χ4n) is 4.11. The first-order valence-electron chi connectivity index (χ1n) is 10.7. The number of aromatic nitrogens is 1. The number of ether oxygens (including phenoxy) is 1. The van der Waals surface area contributed by atoms with Gasteiger partial charge in [-0.15, -0.1) is 0 Å². The maximum atomic E-state index is 13.6. The van der Waals surface area contributed by atoms with Crippen molar-refractivity contribution in [2.24, 2.45) is 4.99 Å². The minimum atomic E-state index is -5.07. The summed E-state index contributed by atoms with van der Waals surface area (Å²) in [5.74, 6) is -0.720. The topological polar surface area (TPSA) is 78.2 Å². The molecule has 0 aliphatic carbocycles. The second kappa shape index (κ2) is 9.33. The summed E-state index contributed by atoms with van der Waals surface area (Å²) < 4.78 is 86.9. The summed E-state index contributed by atoms with van der Waals surface area (Å²) in [4.78, 5) is 19.8. The third-order valence-corrected chi connectivity index (χ3v) is 5.76. The number of H-pyrrole nitrogens is 1. The number of aliphatic imine (C=N–C) groups is 1. The van der Waals surface area contributed by atoms with Crippen molar-refractivity contribution in [1.29, 1.82) is 5.26 Å². The molecule has 2 aromatic rings. The summed E-state index contributed by atoms with van der Waals surface area (Å²) in [7, 11) is 0. The van der Waals surface area contributed by atoms with Crippen LogP contribution in [-0.4, -0.2) is 23.3 Å². The van der Waals surface area contributed by atoms with Gasteiger partial charge in [0.1, 0.15) is 6.07 Å². The van der Waals surface area contributed by atoms with E-state index in [1.54, 1.807) is 13.8 Å². The molecule has 1 N–H and O–H groups in total. The predicted molar refractivity (Wildman–Crippen MR) is 120 cm³/mol. The van der Waals surface area contributed by atoms with E-state index < -0.39 is 35.0 Å². The second-order valence-corrected chi connectivity index (χ2v) is 8.17. The van der Waals surface area contributed by atoms with E-state index >= 15 is 0 Å². The first-order chi connectivity index (χ1) is 16.6. The number of alkyl halides is 6. The Morgan fingerprint density at radius 3 is 2.03 bits per heavy atom. The van der Waals surface area contributed by atoms with Crippen LogP contribution >= 0.6 is 0 Å². The maximum absolute atomic E-state index is 13.6. The zero-order chi connectivity index (χ0) is 27.2. The monoisotopic (exact) mass is 509 g/mol. The number of carbonyl (C=O) groups excluding carboxylic acids is 1. The van der Waals surface area contributed by atoms with E-state index in [1.165, 1.54) is 20.8 Å². The average molecular weight is 509 g/mol. The first-order valence-corrected chi connectivity index (χ1v) is 10.7. The predicted octanol–water partition coefficient (Wildman–Crippen LogP) is 6.65. The van der Waals surface area contributed by atoms with Gasteiger partial charge in [-0.1, -0.05) is 0 Å². The highest BCUT2D eigenvalue weighted by molar-refractivity contribution is 6.22. The van der Waals surface area contributed by atoms with Gasteiger partial charge < -0.3 is 9.72 Å². The highest BCUT2D eigenvalue weighted by atomic mass is 19.4. The van der Waals surface area contributed by atoms with Crippen molar-refractivity contribution in [3.05, 3.63) is 74.2 Å². The maximum Gasteiger partial charge on any atom is 0.416 e. The summed E-state index contributed by atoms with van der Waals surface area (Å²) in [5.41, 5.74) is -2.07. The molecule has 11 heteroatoms. The number of aryl methyl sites for hydroxylation is 1. The van der Waals surface area contributed by atoms with Gasteiger partial charge in [0.15, 0.2) is 0 Å². The molecule has 1 aliphatic rings. The molecule has 0 fully saturated rings. The second-order valence-electron chi connectivity index (χ2n) is 8.17. The van der Waals surface area contributed by atoms with Crippen molar-refractivity contribution in [2.45, 2.75) is 47.0 Å². The number of rotatable bonds is 4. The van der Waals surface area contributed by atoms with Gasteiger partial charge in [0.05, 0.1) is 46.0 Å². The average Bonchev–Trinajstić information content (AvgIpc) is 3.21. The molecule has 1 aromatic heterocycles. The van der Waals surface area contributed by atoms with Gasteiger partial charge in [-0.3, -0.25) is 4.99 Å². The van der Waals surface area contributed by atoms with Gasteiger partial charge >= 0.3 is 18.3 Å². The van der Waals surface area contributed by atoms with E-state index in [1.807, 2.05) is 6.07 Å². The largest absolute Gasteiger partial charge is 0.462 e. The summed E-state index contributed by atoms with van der Waals surface area (Å²) >= 11 is 0. The number of halogens is 6. The Morgan fingerprint density at radius 1 is 1.03 bits per heavy atom. The Kier molecular flexibility index (Phi) is 6.94. The zero-order valence-corrected chi connectivity index (χ0v) is 19.9. The van der Waals surface area contributed by atoms with Gasteiger partial charge in [-0.05, 0) is 69.5 Å².